The molecule has 0 radical (unpaired) electrons. The van der Waals surface area contributed by atoms with Crippen molar-refractivity contribution in [2.45, 2.75) is 51.7 Å². The van der Waals surface area contributed by atoms with E-state index < -0.39 is 0 Å². The molecular formula is C10H22ClNO. The molecule has 0 aromatic heterocycles. The van der Waals surface area contributed by atoms with Crippen LogP contribution in [0.5, 0.6) is 0 Å². The molecule has 1 heterocycles. The predicted molar refractivity (Wildman–Crippen MR) is 58.6 cm³/mol. The molecule has 0 aromatic rings. The quantitative estimate of drug-likeness (QED) is 0.713. The van der Waals surface area contributed by atoms with Crippen LogP contribution in [-0.2, 0) is 4.74 Å². The van der Waals surface area contributed by atoms with E-state index in [-0.39, 0.29) is 18.0 Å². The van der Waals surface area contributed by atoms with Crippen LogP contribution in [-0.4, -0.2) is 24.8 Å². The number of hydrogen-bond acceptors (Lipinski definition) is 2. The third kappa shape index (κ3) is 6.30. The van der Waals surface area contributed by atoms with Gasteiger partial charge in [-0.15, -0.1) is 12.4 Å². The topological polar surface area (TPSA) is 21.3 Å². The van der Waals surface area contributed by atoms with Gasteiger partial charge in [-0.1, -0.05) is 0 Å². The fraction of sp³-hybridized carbons (Fsp3) is 1.00. The van der Waals surface area contributed by atoms with Crippen LogP contribution in [0.3, 0.4) is 0 Å². The Kier molecular flexibility index (Phi) is 5.93. The lowest BCUT2D eigenvalue weighted by atomic mass is 10.1. The summed E-state index contributed by atoms with van der Waals surface area (Å²) in [5.41, 5.74) is 0.0106. The molecule has 0 aromatic carbocycles. The highest BCUT2D eigenvalue weighted by molar-refractivity contribution is 5.85. The van der Waals surface area contributed by atoms with Crippen molar-refractivity contribution in [1.82, 2.24) is 5.32 Å². The first-order valence-electron chi connectivity index (χ1n) is 4.96. The predicted octanol–water partition coefficient (Wildman–Crippen LogP) is 2.37. The van der Waals surface area contributed by atoms with Gasteiger partial charge in [-0.3, -0.25) is 0 Å². The molecule has 80 valence electrons. The number of halogens is 1. The van der Waals surface area contributed by atoms with Crippen molar-refractivity contribution < 1.29 is 4.74 Å². The second-order valence-corrected chi connectivity index (χ2v) is 4.55. The van der Waals surface area contributed by atoms with E-state index in [1.54, 1.807) is 0 Å². The molecule has 0 saturated carbocycles. The van der Waals surface area contributed by atoms with Crippen LogP contribution in [0.1, 0.15) is 40.0 Å². The Balaban J connectivity index is 0.00000144. The van der Waals surface area contributed by atoms with Crippen molar-refractivity contribution in [1.29, 1.82) is 0 Å². The SMILES string of the molecule is CC(C)(C)OC1CCCCNC1.Cl. The lowest BCUT2D eigenvalue weighted by Crippen LogP contribution is -2.33. The minimum absolute atomic E-state index is 0. The van der Waals surface area contributed by atoms with Crippen LogP contribution in [0, 0.1) is 0 Å². The summed E-state index contributed by atoms with van der Waals surface area (Å²) in [6.07, 6.45) is 4.23. The number of hydrogen-bond donors (Lipinski definition) is 1. The highest BCUT2D eigenvalue weighted by Gasteiger charge is 2.19. The van der Waals surface area contributed by atoms with Gasteiger partial charge in [-0.2, -0.15) is 0 Å². The third-order valence-electron chi connectivity index (χ3n) is 2.02. The minimum atomic E-state index is 0. The molecule has 2 nitrogen and oxygen atoms in total. The summed E-state index contributed by atoms with van der Waals surface area (Å²) in [5.74, 6) is 0. The highest BCUT2D eigenvalue weighted by atomic mass is 35.5. The second-order valence-electron chi connectivity index (χ2n) is 4.55. The van der Waals surface area contributed by atoms with Crippen molar-refractivity contribution >= 4 is 12.4 Å². The second kappa shape index (κ2) is 5.84. The average Bonchev–Trinajstić information content (AvgIpc) is 2.12. The normalized spacial score (nSPS) is 24.7. The van der Waals surface area contributed by atoms with Crippen molar-refractivity contribution in [3.8, 4) is 0 Å². The van der Waals surface area contributed by atoms with Crippen molar-refractivity contribution in [3.63, 3.8) is 0 Å². The van der Waals surface area contributed by atoms with Crippen molar-refractivity contribution in [3.05, 3.63) is 0 Å². The maximum Gasteiger partial charge on any atom is 0.0706 e. The van der Waals surface area contributed by atoms with Gasteiger partial charge in [0.15, 0.2) is 0 Å². The fourth-order valence-electron chi connectivity index (χ4n) is 1.59. The monoisotopic (exact) mass is 207 g/mol. The minimum Gasteiger partial charge on any atom is -0.371 e. The average molecular weight is 208 g/mol. The maximum atomic E-state index is 5.90. The molecule has 1 aliphatic heterocycles. The van der Waals surface area contributed by atoms with Gasteiger partial charge in [0.2, 0.25) is 0 Å². The summed E-state index contributed by atoms with van der Waals surface area (Å²) in [7, 11) is 0. The van der Waals surface area contributed by atoms with E-state index in [1.165, 1.54) is 19.3 Å². The maximum absolute atomic E-state index is 5.90. The number of rotatable bonds is 1. The molecule has 1 fully saturated rings. The van der Waals surface area contributed by atoms with Gasteiger partial charge in [0.1, 0.15) is 0 Å². The zero-order chi connectivity index (χ0) is 9.03. The molecule has 1 aliphatic rings. The zero-order valence-electron chi connectivity index (χ0n) is 8.93. The summed E-state index contributed by atoms with van der Waals surface area (Å²) in [6, 6.07) is 0. The van der Waals surface area contributed by atoms with Crippen LogP contribution < -0.4 is 5.32 Å². The van der Waals surface area contributed by atoms with E-state index >= 15 is 0 Å². The summed E-state index contributed by atoms with van der Waals surface area (Å²) in [6.45, 7) is 8.55. The first kappa shape index (κ1) is 13.2. The van der Waals surface area contributed by atoms with Crippen LogP contribution in [0.4, 0.5) is 0 Å². The van der Waals surface area contributed by atoms with Gasteiger partial charge in [-0.05, 0) is 46.6 Å². The summed E-state index contributed by atoms with van der Waals surface area (Å²) < 4.78 is 5.90. The first-order chi connectivity index (χ1) is 5.58. The molecule has 0 amide bonds. The van der Waals surface area contributed by atoms with E-state index in [2.05, 4.69) is 26.1 Å². The van der Waals surface area contributed by atoms with Gasteiger partial charge in [0, 0.05) is 6.54 Å². The van der Waals surface area contributed by atoms with Gasteiger partial charge in [0.05, 0.1) is 11.7 Å². The molecule has 1 saturated heterocycles. The molecule has 0 spiro atoms. The standard InChI is InChI=1S/C10H21NO.ClH/c1-10(2,3)12-9-6-4-5-7-11-8-9;/h9,11H,4-8H2,1-3H3;1H. The third-order valence-corrected chi connectivity index (χ3v) is 2.02. The lowest BCUT2D eigenvalue weighted by molar-refractivity contribution is -0.0598. The molecule has 1 atom stereocenters. The Labute approximate surface area is 87.8 Å². The first-order valence-corrected chi connectivity index (χ1v) is 4.96. The van der Waals surface area contributed by atoms with E-state index in [0.29, 0.717) is 6.10 Å². The highest BCUT2D eigenvalue weighted by Crippen LogP contribution is 2.15. The van der Waals surface area contributed by atoms with Crippen LogP contribution in [0.15, 0.2) is 0 Å². The molecule has 13 heavy (non-hydrogen) atoms. The smallest absolute Gasteiger partial charge is 0.0706 e. The van der Waals surface area contributed by atoms with E-state index in [0.717, 1.165) is 13.1 Å². The Morgan fingerprint density at radius 1 is 1.23 bits per heavy atom. The molecule has 3 heteroatoms. The van der Waals surface area contributed by atoms with Gasteiger partial charge in [0.25, 0.3) is 0 Å². The summed E-state index contributed by atoms with van der Waals surface area (Å²) in [5, 5.41) is 3.39. The van der Waals surface area contributed by atoms with Gasteiger partial charge < -0.3 is 10.1 Å². The Bertz CT molecular complexity index is 125. The lowest BCUT2D eigenvalue weighted by Gasteiger charge is -2.26. The van der Waals surface area contributed by atoms with Crippen LogP contribution in [0.25, 0.3) is 0 Å². The molecule has 1 N–H and O–H groups in total. The fourth-order valence-corrected chi connectivity index (χ4v) is 1.59. The van der Waals surface area contributed by atoms with Crippen LogP contribution >= 0.6 is 12.4 Å². The molecule has 0 aliphatic carbocycles. The van der Waals surface area contributed by atoms with E-state index in [9.17, 15) is 0 Å². The molecule has 0 bridgehead atoms. The molecule has 1 rings (SSSR count). The summed E-state index contributed by atoms with van der Waals surface area (Å²) in [4.78, 5) is 0. The van der Waals surface area contributed by atoms with Crippen LogP contribution in [0.2, 0.25) is 0 Å². The van der Waals surface area contributed by atoms with Gasteiger partial charge in [-0.25, -0.2) is 0 Å². The van der Waals surface area contributed by atoms with Gasteiger partial charge >= 0.3 is 0 Å². The van der Waals surface area contributed by atoms with Crippen molar-refractivity contribution in [2.75, 3.05) is 13.1 Å². The summed E-state index contributed by atoms with van der Waals surface area (Å²) >= 11 is 0. The Morgan fingerprint density at radius 2 is 1.92 bits per heavy atom. The largest absolute Gasteiger partial charge is 0.371 e. The number of nitrogens with one attached hydrogen (secondary N) is 1. The Hall–Kier alpha value is 0.210. The zero-order valence-corrected chi connectivity index (χ0v) is 9.75. The molecule has 1 unspecified atom stereocenters. The molecular weight excluding hydrogens is 186 g/mol. The Morgan fingerprint density at radius 3 is 2.54 bits per heavy atom. The van der Waals surface area contributed by atoms with Crippen molar-refractivity contribution in [2.24, 2.45) is 0 Å². The van der Waals surface area contributed by atoms with E-state index in [1.807, 2.05) is 0 Å². The van der Waals surface area contributed by atoms with E-state index in [4.69, 9.17) is 4.74 Å². The number of ether oxygens (including phenoxy) is 1.